The number of rotatable bonds is 6. The summed E-state index contributed by atoms with van der Waals surface area (Å²) < 4.78 is 7.99. The number of amides is 1. The van der Waals surface area contributed by atoms with E-state index in [4.69, 9.17) is 4.74 Å². The predicted molar refractivity (Wildman–Crippen MR) is 120 cm³/mol. The van der Waals surface area contributed by atoms with Gasteiger partial charge in [0.25, 0.3) is 0 Å². The van der Waals surface area contributed by atoms with Crippen LogP contribution in [0.4, 0.5) is 0 Å². The molecule has 6 nitrogen and oxygen atoms in total. The molecule has 1 N–H and O–H groups in total. The van der Waals surface area contributed by atoms with Crippen molar-refractivity contribution in [2.75, 3.05) is 0 Å². The number of fused-ring (bicyclic) bond motifs is 1. The number of aromatic nitrogens is 2. The smallest absolute Gasteiger partial charge is 0.243 e. The fourth-order valence-electron chi connectivity index (χ4n) is 3.58. The fraction of sp³-hybridized carbons (Fsp3) is 0.200. The Labute approximate surface area is 181 Å². The Balaban J connectivity index is 1.43. The maximum absolute atomic E-state index is 11.3. The first kappa shape index (κ1) is 20.6. The zero-order chi connectivity index (χ0) is 22.0. The number of hydrogen-bond acceptors (Lipinski definition) is 4. The highest BCUT2D eigenvalue weighted by atomic mass is 16.5. The molecule has 0 fully saturated rings. The molecule has 0 spiro atoms. The number of hydroxylamine groups is 2. The normalized spacial score (nSPS) is 12.0. The lowest BCUT2D eigenvalue weighted by molar-refractivity contribution is -0.172. The van der Waals surface area contributed by atoms with Crippen LogP contribution in [-0.4, -0.2) is 25.7 Å². The zero-order valence-corrected chi connectivity index (χ0v) is 17.8. The van der Waals surface area contributed by atoms with Crippen LogP contribution in [0.15, 0.2) is 72.8 Å². The second kappa shape index (κ2) is 8.62. The molecule has 3 aromatic carbocycles. The van der Waals surface area contributed by atoms with E-state index in [0.29, 0.717) is 6.61 Å². The molecule has 158 valence electrons. The van der Waals surface area contributed by atoms with Gasteiger partial charge in [-0.2, -0.15) is 0 Å². The summed E-state index contributed by atoms with van der Waals surface area (Å²) in [4.78, 5) is 16.0. The van der Waals surface area contributed by atoms with E-state index in [2.05, 4.69) is 4.98 Å². The van der Waals surface area contributed by atoms with E-state index in [9.17, 15) is 10.0 Å². The molecule has 31 heavy (non-hydrogen) atoms. The second-order valence-corrected chi connectivity index (χ2v) is 7.55. The van der Waals surface area contributed by atoms with E-state index in [0.717, 1.165) is 44.4 Å². The average molecular weight is 415 g/mol. The summed E-state index contributed by atoms with van der Waals surface area (Å²) in [7, 11) is 1.99. The molecule has 0 aliphatic heterocycles. The van der Waals surface area contributed by atoms with Crippen molar-refractivity contribution in [3.63, 3.8) is 0 Å². The largest absolute Gasteiger partial charge is 0.486 e. The Morgan fingerprint density at radius 2 is 1.65 bits per heavy atom. The first-order valence-corrected chi connectivity index (χ1v) is 10.2. The number of carbonyl (C=O) groups is 1. The van der Waals surface area contributed by atoms with Gasteiger partial charge in [0.1, 0.15) is 18.2 Å². The van der Waals surface area contributed by atoms with Crippen LogP contribution in [-0.2, 0) is 18.4 Å². The highest BCUT2D eigenvalue weighted by Crippen LogP contribution is 2.26. The van der Waals surface area contributed by atoms with Gasteiger partial charge in [-0.15, -0.1) is 0 Å². The van der Waals surface area contributed by atoms with Gasteiger partial charge in [-0.25, -0.2) is 10.0 Å². The van der Waals surface area contributed by atoms with E-state index in [-0.39, 0.29) is 5.91 Å². The number of benzene rings is 3. The standard InChI is InChI=1S/C25H25N3O3/c1-17(28(30)18(2)29)19-8-10-20(11-9-19)21-12-14-22(15-13-21)31-16-25-26-23-6-4-5-7-24(23)27(25)3/h4-15,17,30H,16H2,1-3H3. The van der Waals surface area contributed by atoms with Crippen LogP contribution in [0.3, 0.4) is 0 Å². The van der Waals surface area contributed by atoms with Crippen LogP contribution in [0.1, 0.15) is 31.3 Å². The van der Waals surface area contributed by atoms with Gasteiger partial charge >= 0.3 is 0 Å². The Bertz CT molecular complexity index is 1200. The van der Waals surface area contributed by atoms with Crippen molar-refractivity contribution in [2.24, 2.45) is 7.05 Å². The van der Waals surface area contributed by atoms with E-state index in [1.165, 1.54) is 6.92 Å². The van der Waals surface area contributed by atoms with Crippen LogP contribution in [0, 0.1) is 0 Å². The molecule has 0 saturated carbocycles. The van der Waals surface area contributed by atoms with Crippen molar-refractivity contribution < 1.29 is 14.7 Å². The lowest BCUT2D eigenvalue weighted by Gasteiger charge is -2.21. The maximum Gasteiger partial charge on any atom is 0.243 e. The Morgan fingerprint density at radius 3 is 2.26 bits per heavy atom. The maximum atomic E-state index is 11.3. The predicted octanol–water partition coefficient (Wildman–Crippen LogP) is 5.12. The summed E-state index contributed by atoms with van der Waals surface area (Å²) in [6.45, 7) is 3.52. The highest BCUT2D eigenvalue weighted by Gasteiger charge is 2.16. The number of imidazole rings is 1. The summed E-state index contributed by atoms with van der Waals surface area (Å²) in [6, 6.07) is 23.3. The minimum Gasteiger partial charge on any atom is -0.486 e. The van der Waals surface area contributed by atoms with Crippen LogP contribution < -0.4 is 4.74 Å². The first-order valence-electron chi connectivity index (χ1n) is 10.2. The van der Waals surface area contributed by atoms with Crippen molar-refractivity contribution in [2.45, 2.75) is 26.5 Å². The van der Waals surface area contributed by atoms with Gasteiger partial charge < -0.3 is 9.30 Å². The van der Waals surface area contributed by atoms with E-state index in [1.54, 1.807) is 6.92 Å². The number of hydrogen-bond donors (Lipinski definition) is 1. The van der Waals surface area contributed by atoms with Crippen molar-refractivity contribution in [1.29, 1.82) is 0 Å². The van der Waals surface area contributed by atoms with Gasteiger partial charge in [-0.1, -0.05) is 48.5 Å². The molecule has 1 unspecified atom stereocenters. The molecule has 1 atom stereocenters. The number of aryl methyl sites for hydroxylation is 1. The van der Waals surface area contributed by atoms with E-state index < -0.39 is 6.04 Å². The molecule has 0 aliphatic rings. The minimum atomic E-state index is -0.398. The zero-order valence-electron chi connectivity index (χ0n) is 17.8. The average Bonchev–Trinajstić information content (AvgIpc) is 3.13. The van der Waals surface area contributed by atoms with Gasteiger partial charge in [-0.05, 0) is 47.9 Å². The van der Waals surface area contributed by atoms with Crippen molar-refractivity contribution in [3.05, 3.63) is 84.2 Å². The number of ether oxygens (including phenoxy) is 1. The van der Waals surface area contributed by atoms with Gasteiger partial charge in [0, 0.05) is 14.0 Å². The lowest BCUT2D eigenvalue weighted by Crippen LogP contribution is -2.27. The molecular weight excluding hydrogens is 390 g/mol. The van der Waals surface area contributed by atoms with E-state index in [1.807, 2.05) is 84.4 Å². The fourth-order valence-corrected chi connectivity index (χ4v) is 3.58. The third-order valence-corrected chi connectivity index (χ3v) is 5.52. The SMILES string of the molecule is CC(=O)N(O)C(C)c1ccc(-c2ccc(OCc3nc4ccccc4n3C)cc2)cc1. The third kappa shape index (κ3) is 4.29. The molecule has 4 aromatic rings. The molecule has 0 saturated heterocycles. The summed E-state index contributed by atoms with van der Waals surface area (Å²) in [5.41, 5.74) is 5.02. The lowest BCUT2D eigenvalue weighted by atomic mass is 10.0. The number of carbonyl (C=O) groups excluding carboxylic acids is 1. The quantitative estimate of drug-likeness (QED) is 0.351. The molecule has 1 amide bonds. The highest BCUT2D eigenvalue weighted by molar-refractivity contribution is 5.75. The minimum absolute atomic E-state index is 0.384. The van der Waals surface area contributed by atoms with Crippen LogP contribution in [0.25, 0.3) is 22.2 Å². The second-order valence-electron chi connectivity index (χ2n) is 7.55. The van der Waals surface area contributed by atoms with Crippen molar-refractivity contribution in [3.8, 4) is 16.9 Å². The molecule has 0 bridgehead atoms. The van der Waals surface area contributed by atoms with Gasteiger partial charge in [0.05, 0.1) is 17.1 Å². The Kier molecular flexibility index (Phi) is 5.73. The van der Waals surface area contributed by atoms with Crippen LogP contribution in [0.5, 0.6) is 5.75 Å². The summed E-state index contributed by atoms with van der Waals surface area (Å²) >= 11 is 0. The van der Waals surface area contributed by atoms with E-state index >= 15 is 0 Å². The monoisotopic (exact) mass is 415 g/mol. The molecular formula is C25H25N3O3. The van der Waals surface area contributed by atoms with Crippen LogP contribution in [0.2, 0.25) is 0 Å². The molecule has 1 heterocycles. The number of para-hydroxylation sites is 2. The summed E-state index contributed by atoms with van der Waals surface area (Å²) in [5, 5.41) is 10.6. The molecule has 0 aliphatic carbocycles. The summed E-state index contributed by atoms with van der Waals surface area (Å²) in [6.07, 6.45) is 0. The van der Waals surface area contributed by atoms with Crippen LogP contribution >= 0.6 is 0 Å². The molecule has 4 rings (SSSR count). The number of nitrogens with zero attached hydrogens (tertiary/aromatic N) is 3. The van der Waals surface area contributed by atoms with Crippen molar-refractivity contribution in [1.82, 2.24) is 14.6 Å². The van der Waals surface area contributed by atoms with Crippen molar-refractivity contribution >= 4 is 16.9 Å². The molecule has 1 aromatic heterocycles. The first-order chi connectivity index (χ1) is 14.9. The topological polar surface area (TPSA) is 67.6 Å². The Morgan fingerprint density at radius 1 is 1.03 bits per heavy atom. The van der Waals surface area contributed by atoms with Gasteiger partial charge in [0.15, 0.2) is 0 Å². The Hall–Kier alpha value is -3.64. The summed E-state index contributed by atoms with van der Waals surface area (Å²) in [5.74, 6) is 1.27. The third-order valence-electron chi connectivity index (χ3n) is 5.52. The molecule has 6 heteroatoms. The van der Waals surface area contributed by atoms with Gasteiger partial charge in [-0.3, -0.25) is 10.0 Å². The molecule has 0 radical (unpaired) electrons. The van der Waals surface area contributed by atoms with Gasteiger partial charge in [0.2, 0.25) is 5.91 Å².